The van der Waals surface area contributed by atoms with Crippen molar-refractivity contribution in [2.45, 2.75) is 19.4 Å². The van der Waals surface area contributed by atoms with Crippen LogP contribution in [0.3, 0.4) is 0 Å². The van der Waals surface area contributed by atoms with Crippen LogP contribution in [0.15, 0.2) is 48.5 Å². The fraction of sp³-hybridized carbons (Fsp3) is 0.348. The Balaban J connectivity index is 1.48. The van der Waals surface area contributed by atoms with Gasteiger partial charge in [0.25, 0.3) is 5.91 Å². The number of hydrogen-bond acceptors (Lipinski definition) is 5. The van der Waals surface area contributed by atoms with E-state index in [4.69, 9.17) is 27.9 Å². The summed E-state index contributed by atoms with van der Waals surface area (Å²) in [6.45, 7) is 3.44. The molecule has 9 heteroatoms. The van der Waals surface area contributed by atoms with Crippen LogP contribution in [0.4, 0.5) is 5.69 Å². The van der Waals surface area contributed by atoms with E-state index in [-0.39, 0.29) is 24.8 Å². The van der Waals surface area contributed by atoms with Crippen LogP contribution in [0.2, 0.25) is 10.0 Å². The van der Waals surface area contributed by atoms with Crippen molar-refractivity contribution in [1.82, 2.24) is 10.2 Å². The highest BCUT2D eigenvalue weighted by Gasteiger charge is 2.24. The van der Waals surface area contributed by atoms with Gasteiger partial charge < -0.3 is 19.9 Å². The zero-order chi connectivity index (χ0) is 23.1. The number of nitrogens with one attached hydrogen (secondary N) is 1. The number of carbonyl (C=O) groups is 3. The quantitative estimate of drug-likeness (QED) is 0.617. The number of halogens is 2. The molecule has 0 spiro atoms. The molecule has 1 aliphatic rings. The van der Waals surface area contributed by atoms with Crippen molar-refractivity contribution in [3.63, 3.8) is 0 Å². The lowest BCUT2D eigenvalue weighted by Gasteiger charge is -2.36. The van der Waals surface area contributed by atoms with E-state index in [0.29, 0.717) is 36.2 Å². The summed E-state index contributed by atoms with van der Waals surface area (Å²) in [5, 5.41) is 3.95. The largest absolute Gasteiger partial charge is 0.455 e. The lowest BCUT2D eigenvalue weighted by Crippen LogP contribution is -2.50. The van der Waals surface area contributed by atoms with E-state index in [1.807, 2.05) is 24.3 Å². The van der Waals surface area contributed by atoms with Gasteiger partial charge in [0.05, 0.1) is 12.5 Å². The molecule has 0 bridgehead atoms. The molecule has 1 N–H and O–H groups in total. The van der Waals surface area contributed by atoms with Crippen LogP contribution in [0.25, 0.3) is 0 Å². The van der Waals surface area contributed by atoms with Gasteiger partial charge in [-0.25, -0.2) is 0 Å². The molecule has 7 nitrogen and oxygen atoms in total. The topological polar surface area (TPSA) is 78.9 Å². The van der Waals surface area contributed by atoms with Crippen LogP contribution in [0.1, 0.15) is 24.9 Å². The van der Waals surface area contributed by atoms with Crippen molar-refractivity contribution in [2.75, 3.05) is 37.7 Å². The van der Waals surface area contributed by atoms with Gasteiger partial charge in [0.2, 0.25) is 5.91 Å². The zero-order valence-electron chi connectivity index (χ0n) is 17.7. The van der Waals surface area contributed by atoms with Gasteiger partial charge in [0.15, 0.2) is 6.61 Å². The summed E-state index contributed by atoms with van der Waals surface area (Å²) in [6, 6.07) is 13.9. The second-order valence-corrected chi connectivity index (χ2v) is 8.39. The number of nitrogens with zero attached hydrogens (tertiary/aromatic N) is 2. The lowest BCUT2D eigenvalue weighted by molar-refractivity contribution is -0.152. The van der Waals surface area contributed by atoms with Crippen LogP contribution in [0.5, 0.6) is 0 Å². The van der Waals surface area contributed by atoms with E-state index in [2.05, 4.69) is 10.2 Å². The number of rotatable bonds is 7. The van der Waals surface area contributed by atoms with Crippen molar-refractivity contribution < 1.29 is 19.1 Å². The van der Waals surface area contributed by atoms with E-state index >= 15 is 0 Å². The monoisotopic (exact) mass is 477 g/mol. The minimum Gasteiger partial charge on any atom is -0.455 e. The Hall–Kier alpha value is -2.77. The average molecular weight is 478 g/mol. The Bertz CT molecular complexity index is 960. The van der Waals surface area contributed by atoms with Crippen LogP contribution in [-0.4, -0.2) is 55.5 Å². The molecule has 0 aromatic heterocycles. The number of benzene rings is 2. The standard InChI is InChI=1S/C23H25Cl2N3O4/c1-16(29)26-21(17-5-7-18(24)8-6-17)14-23(31)32-15-22(30)28-11-9-27(10-12-28)20-4-2-3-19(25)13-20/h2-8,13,21H,9-12,14-15H2,1H3,(H,26,29). The van der Waals surface area contributed by atoms with Crippen LogP contribution < -0.4 is 10.2 Å². The van der Waals surface area contributed by atoms with Gasteiger partial charge in [-0.05, 0) is 35.9 Å². The van der Waals surface area contributed by atoms with Gasteiger partial charge in [0, 0.05) is 48.8 Å². The second kappa shape index (κ2) is 11.2. The molecule has 0 aliphatic carbocycles. The first-order valence-electron chi connectivity index (χ1n) is 10.3. The molecule has 1 saturated heterocycles. The van der Waals surface area contributed by atoms with Gasteiger partial charge in [-0.3, -0.25) is 14.4 Å². The number of hydrogen-bond donors (Lipinski definition) is 1. The van der Waals surface area contributed by atoms with E-state index in [1.54, 1.807) is 29.2 Å². The molecule has 1 aliphatic heterocycles. The Morgan fingerprint density at radius 3 is 2.31 bits per heavy atom. The second-order valence-electron chi connectivity index (χ2n) is 7.52. The first-order valence-corrected chi connectivity index (χ1v) is 11.0. The Kier molecular flexibility index (Phi) is 8.36. The Morgan fingerprint density at radius 1 is 1.00 bits per heavy atom. The van der Waals surface area contributed by atoms with E-state index in [1.165, 1.54) is 6.92 Å². The summed E-state index contributed by atoms with van der Waals surface area (Å²) in [7, 11) is 0. The molecule has 0 saturated carbocycles. The predicted molar refractivity (Wildman–Crippen MR) is 124 cm³/mol. The molecule has 170 valence electrons. The van der Waals surface area contributed by atoms with Crippen LogP contribution >= 0.6 is 23.2 Å². The van der Waals surface area contributed by atoms with Gasteiger partial charge in [-0.2, -0.15) is 0 Å². The fourth-order valence-corrected chi connectivity index (χ4v) is 3.85. The van der Waals surface area contributed by atoms with Crippen molar-refractivity contribution in [2.24, 2.45) is 0 Å². The van der Waals surface area contributed by atoms with Crippen molar-refractivity contribution in [3.8, 4) is 0 Å². The van der Waals surface area contributed by atoms with Gasteiger partial charge in [0.1, 0.15) is 0 Å². The molecule has 32 heavy (non-hydrogen) atoms. The van der Waals surface area contributed by atoms with Gasteiger partial charge in [-0.1, -0.05) is 41.4 Å². The molecule has 2 aromatic carbocycles. The van der Waals surface area contributed by atoms with E-state index in [0.717, 1.165) is 11.3 Å². The third kappa shape index (κ3) is 6.87. The number of piperazine rings is 1. The van der Waals surface area contributed by atoms with Gasteiger partial charge in [-0.15, -0.1) is 0 Å². The van der Waals surface area contributed by atoms with Crippen molar-refractivity contribution in [1.29, 1.82) is 0 Å². The number of amides is 2. The highest BCUT2D eigenvalue weighted by atomic mass is 35.5. The SMILES string of the molecule is CC(=O)NC(CC(=O)OCC(=O)N1CCN(c2cccc(Cl)c2)CC1)c1ccc(Cl)cc1. The molecule has 3 rings (SSSR count). The maximum absolute atomic E-state index is 12.5. The number of esters is 1. The van der Waals surface area contributed by atoms with Crippen molar-refractivity contribution in [3.05, 3.63) is 64.1 Å². The third-order valence-electron chi connectivity index (χ3n) is 5.18. The third-order valence-corrected chi connectivity index (χ3v) is 5.67. The van der Waals surface area contributed by atoms with E-state index in [9.17, 15) is 14.4 Å². The summed E-state index contributed by atoms with van der Waals surface area (Å²) in [5.41, 5.74) is 1.74. The highest BCUT2D eigenvalue weighted by molar-refractivity contribution is 6.31. The summed E-state index contributed by atoms with van der Waals surface area (Å²) in [6.07, 6.45) is -0.0863. The fourth-order valence-electron chi connectivity index (χ4n) is 3.54. The van der Waals surface area contributed by atoms with Crippen molar-refractivity contribution >= 4 is 46.7 Å². The summed E-state index contributed by atoms with van der Waals surface area (Å²) in [4.78, 5) is 40.2. The summed E-state index contributed by atoms with van der Waals surface area (Å²) >= 11 is 12.0. The lowest BCUT2D eigenvalue weighted by atomic mass is 10.0. The predicted octanol–water partition coefficient (Wildman–Crippen LogP) is 3.45. The van der Waals surface area contributed by atoms with Crippen LogP contribution in [-0.2, 0) is 19.1 Å². The summed E-state index contributed by atoms with van der Waals surface area (Å²) < 4.78 is 5.20. The average Bonchev–Trinajstić information content (AvgIpc) is 2.77. The normalized spacial score (nSPS) is 14.6. The summed E-state index contributed by atoms with van der Waals surface area (Å²) in [5.74, 6) is -1.08. The maximum Gasteiger partial charge on any atom is 0.308 e. The molecule has 1 heterocycles. The molecule has 2 aromatic rings. The molecular weight excluding hydrogens is 453 g/mol. The minimum absolute atomic E-state index is 0.0863. The molecular formula is C23H25Cl2N3O4. The molecule has 1 fully saturated rings. The Labute approximate surface area is 197 Å². The smallest absolute Gasteiger partial charge is 0.308 e. The highest BCUT2D eigenvalue weighted by Crippen LogP contribution is 2.22. The number of ether oxygens (including phenoxy) is 1. The molecule has 1 unspecified atom stereocenters. The van der Waals surface area contributed by atoms with Crippen LogP contribution in [0, 0.1) is 0 Å². The maximum atomic E-state index is 12.5. The van der Waals surface area contributed by atoms with Gasteiger partial charge >= 0.3 is 5.97 Å². The Morgan fingerprint density at radius 2 is 1.69 bits per heavy atom. The van der Waals surface area contributed by atoms with E-state index < -0.39 is 12.0 Å². The number of anilines is 1. The molecule has 2 amide bonds. The molecule has 0 radical (unpaired) electrons. The minimum atomic E-state index is -0.565. The first-order chi connectivity index (χ1) is 15.3. The first kappa shape index (κ1) is 23.9. The zero-order valence-corrected chi connectivity index (χ0v) is 19.2. The molecule has 1 atom stereocenters. The number of carbonyl (C=O) groups excluding carboxylic acids is 3.